The van der Waals surface area contributed by atoms with E-state index in [9.17, 15) is 4.79 Å². The number of carbonyl (C=O) groups excluding carboxylic acids is 1. The van der Waals surface area contributed by atoms with Gasteiger partial charge in [0, 0.05) is 17.9 Å². The molecule has 0 aromatic rings. The normalized spacial score (nSPS) is 26.4. The van der Waals surface area contributed by atoms with Crippen molar-refractivity contribution in [2.45, 2.75) is 59.4 Å². The van der Waals surface area contributed by atoms with E-state index in [1.54, 1.807) is 0 Å². The topological polar surface area (TPSA) is 29.1 Å². The van der Waals surface area contributed by atoms with Gasteiger partial charge in [0.25, 0.3) is 0 Å². The SMILES string of the molecule is CC(C)NCC1CCC(C(=O)C(C)C)CC1. The molecule has 1 rings (SSSR count). The van der Waals surface area contributed by atoms with Crippen LogP contribution in [0.4, 0.5) is 0 Å². The molecule has 0 amide bonds. The summed E-state index contributed by atoms with van der Waals surface area (Å²) in [4.78, 5) is 11.9. The maximum absolute atomic E-state index is 11.9. The molecule has 16 heavy (non-hydrogen) atoms. The van der Waals surface area contributed by atoms with E-state index in [0.29, 0.717) is 17.7 Å². The molecular formula is C14H27NO. The Labute approximate surface area is 100 Å². The third-order valence-corrected chi connectivity index (χ3v) is 3.63. The molecule has 0 unspecified atom stereocenters. The molecule has 0 bridgehead atoms. The predicted octanol–water partition coefficient (Wildman–Crippen LogP) is 3.02. The monoisotopic (exact) mass is 225 g/mol. The van der Waals surface area contributed by atoms with Crippen LogP contribution in [0, 0.1) is 17.8 Å². The van der Waals surface area contributed by atoms with Gasteiger partial charge in [0.05, 0.1) is 0 Å². The second-order valence-electron chi connectivity index (χ2n) is 5.84. The maximum atomic E-state index is 11.9. The van der Waals surface area contributed by atoms with Gasteiger partial charge in [0.2, 0.25) is 0 Å². The minimum absolute atomic E-state index is 0.218. The van der Waals surface area contributed by atoms with E-state index in [2.05, 4.69) is 19.2 Å². The van der Waals surface area contributed by atoms with Crippen molar-refractivity contribution in [1.29, 1.82) is 0 Å². The lowest BCUT2D eigenvalue weighted by Crippen LogP contribution is -2.33. The molecule has 0 saturated heterocycles. The average Bonchev–Trinajstić information content (AvgIpc) is 2.26. The number of Topliss-reactive ketones (excluding diaryl/α,β-unsaturated/α-hetero) is 1. The second-order valence-corrected chi connectivity index (χ2v) is 5.84. The first-order valence-corrected chi connectivity index (χ1v) is 6.77. The van der Waals surface area contributed by atoms with Gasteiger partial charge in [-0.05, 0) is 38.1 Å². The zero-order valence-corrected chi connectivity index (χ0v) is 11.3. The minimum Gasteiger partial charge on any atom is -0.314 e. The van der Waals surface area contributed by atoms with Crippen LogP contribution in [-0.2, 0) is 4.79 Å². The molecule has 94 valence electrons. The van der Waals surface area contributed by atoms with Crippen molar-refractivity contribution in [3.05, 3.63) is 0 Å². The van der Waals surface area contributed by atoms with Crippen molar-refractivity contribution in [1.82, 2.24) is 5.32 Å². The molecule has 0 aromatic heterocycles. The van der Waals surface area contributed by atoms with Crippen molar-refractivity contribution >= 4 is 5.78 Å². The van der Waals surface area contributed by atoms with Crippen LogP contribution in [-0.4, -0.2) is 18.4 Å². The predicted molar refractivity (Wildman–Crippen MR) is 68.4 cm³/mol. The Hall–Kier alpha value is -0.370. The van der Waals surface area contributed by atoms with Gasteiger partial charge in [-0.15, -0.1) is 0 Å². The maximum Gasteiger partial charge on any atom is 0.138 e. The third kappa shape index (κ3) is 4.25. The molecule has 0 aromatic carbocycles. The number of rotatable bonds is 5. The highest BCUT2D eigenvalue weighted by Crippen LogP contribution is 2.30. The summed E-state index contributed by atoms with van der Waals surface area (Å²) < 4.78 is 0. The number of hydrogen-bond acceptors (Lipinski definition) is 2. The Morgan fingerprint density at radius 2 is 1.69 bits per heavy atom. The standard InChI is InChI=1S/C14H27NO/c1-10(2)14(16)13-7-5-12(6-8-13)9-15-11(3)4/h10-13,15H,5-9H2,1-4H3. The van der Waals surface area contributed by atoms with Crippen LogP contribution in [0.25, 0.3) is 0 Å². The highest BCUT2D eigenvalue weighted by molar-refractivity contribution is 5.82. The van der Waals surface area contributed by atoms with Gasteiger partial charge in [-0.2, -0.15) is 0 Å². The van der Waals surface area contributed by atoms with E-state index in [0.717, 1.165) is 25.3 Å². The van der Waals surface area contributed by atoms with Gasteiger partial charge in [0.1, 0.15) is 5.78 Å². The van der Waals surface area contributed by atoms with Crippen molar-refractivity contribution in [2.75, 3.05) is 6.54 Å². The van der Waals surface area contributed by atoms with Crippen LogP contribution in [0.3, 0.4) is 0 Å². The average molecular weight is 225 g/mol. The van der Waals surface area contributed by atoms with Gasteiger partial charge in [0.15, 0.2) is 0 Å². The molecule has 0 atom stereocenters. The van der Waals surface area contributed by atoms with Crippen LogP contribution in [0.5, 0.6) is 0 Å². The van der Waals surface area contributed by atoms with E-state index >= 15 is 0 Å². The largest absolute Gasteiger partial charge is 0.314 e. The molecule has 0 radical (unpaired) electrons. The molecular weight excluding hydrogens is 198 g/mol. The summed E-state index contributed by atoms with van der Waals surface area (Å²) in [5.41, 5.74) is 0. The van der Waals surface area contributed by atoms with Gasteiger partial charge in [-0.25, -0.2) is 0 Å². The zero-order chi connectivity index (χ0) is 12.1. The molecule has 0 aliphatic heterocycles. The molecule has 1 aliphatic rings. The van der Waals surface area contributed by atoms with E-state index in [4.69, 9.17) is 0 Å². The fourth-order valence-corrected chi connectivity index (χ4v) is 2.52. The fourth-order valence-electron chi connectivity index (χ4n) is 2.52. The smallest absolute Gasteiger partial charge is 0.138 e. The summed E-state index contributed by atoms with van der Waals surface area (Å²) in [6, 6.07) is 0.579. The molecule has 2 nitrogen and oxygen atoms in total. The van der Waals surface area contributed by atoms with Gasteiger partial charge < -0.3 is 5.32 Å². The van der Waals surface area contributed by atoms with Crippen molar-refractivity contribution < 1.29 is 4.79 Å². The van der Waals surface area contributed by atoms with Crippen LogP contribution < -0.4 is 5.32 Å². The fraction of sp³-hybridized carbons (Fsp3) is 0.929. The lowest BCUT2D eigenvalue weighted by Gasteiger charge is -2.29. The van der Waals surface area contributed by atoms with Gasteiger partial charge >= 0.3 is 0 Å². The number of nitrogens with one attached hydrogen (secondary N) is 1. The van der Waals surface area contributed by atoms with E-state index in [1.165, 1.54) is 12.8 Å². The first kappa shape index (κ1) is 13.7. The lowest BCUT2D eigenvalue weighted by molar-refractivity contribution is -0.127. The van der Waals surface area contributed by atoms with E-state index < -0.39 is 0 Å². The number of hydrogen-bond donors (Lipinski definition) is 1. The minimum atomic E-state index is 0.218. The first-order chi connectivity index (χ1) is 7.50. The molecule has 1 saturated carbocycles. The van der Waals surface area contributed by atoms with Gasteiger partial charge in [-0.1, -0.05) is 27.7 Å². The van der Waals surface area contributed by atoms with Crippen LogP contribution >= 0.6 is 0 Å². The number of carbonyl (C=O) groups is 1. The van der Waals surface area contributed by atoms with Crippen molar-refractivity contribution in [2.24, 2.45) is 17.8 Å². The summed E-state index contributed by atoms with van der Waals surface area (Å²) in [5.74, 6) is 1.85. The Bertz CT molecular complexity index is 215. The highest BCUT2D eigenvalue weighted by atomic mass is 16.1. The molecule has 0 heterocycles. The summed E-state index contributed by atoms with van der Waals surface area (Å²) in [7, 11) is 0. The quantitative estimate of drug-likeness (QED) is 0.779. The molecule has 0 spiro atoms. The van der Waals surface area contributed by atoms with Crippen LogP contribution in [0.2, 0.25) is 0 Å². The van der Waals surface area contributed by atoms with Crippen LogP contribution in [0.15, 0.2) is 0 Å². The molecule has 1 fully saturated rings. The zero-order valence-electron chi connectivity index (χ0n) is 11.3. The molecule has 1 N–H and O–H groups in total. The Kier molecular flexibility index (Phi) is 5.47. The Morgan fingerprint density at radius 1 is 1.12 bits per heavy atom. The molecule has 2 heteroatoms. The van der Waals surface area contributed by atoms with Crippen molar-refractivity contribution in [3.63, 3.8) is 0 Å². The highest BCUT2D eigenvalue weighted by Gasteiger charge is 2.27. The second kappa shape index (κ2) is 6.39. The van der Waals surface area contributed by atoms with Crippen LogP contribution in [0.1, 0.15) is 53.4 Å². The Morgan fingerprint density at radius 3 is 2.12 bits per heavy atom. The van der Waals surface area contributed by atoms with E-state index in [1.807, 2.05) is 13.8 Å². The third-order valence-electron chi connectivity index (χ3n) is 3.63. The Balaban J connectivity index is 2.26. The number of ketones is 1. The first-order valence-electron chi connectivity index (χ1n) is 6.77. The molecule has 1 aliphatic carbocycles. The van der Waals surface area contributed by atoms with Crippen molar-refractivity contribution in [3.8, 4) is 0 Å². The lowest BCUT2D eigenvalue weighted by atomic mass is 9.78. The summed E-state index contributed by atoms with van der Waals surface area (Å²) >= 11 is 0. The van der Waals surface area contributed by atoms with E-state index in [-0.39, 0.29) is 5.92 Å². The summed E-state index contributed by atoms with van der Waals surface area (Å²) in [6.07, 6.45) is 4.68. The summed E-state index contributed by atoms with van der Waals surface area (Å²) in [5, 5.41) is 3.50. The summed E-state index contributed by atoms with van der Waals surface area (Å²) in [6.45, 7) is 9.55. The van der Waals surface area contributed by atoms with Gasteiger partial charge in [-0.3, -0.25) is 4.79 Å².